The number of benzene rings is 6. The molecule has 0 aliphatic heterocycles. The second-order valence-corrected chi connectivity index (χ2v) is 13.6. The van der Waals surface area contributed by atoms with E-state index in [1.165, 1.54) is 0 Å². The Morgan fingerprint density at radius 3 is 0.923 bits per heavy atom. The average molecular weight is 687 g/mol. The average Bonchev–Trinajstić information content (AvgIpc) is 3.20. The molecule has 1 saturated carbocycles. The fourth-order valence-corrected chi connectivity index (χ4v) is 7.54. The number of hydrogen-bond acceptors (Lipinski definition) is 4. The Bertz CT molecular complexity index is 1840. The maximum absolute atomic E-state index is 14.8. The molecule has 260 valence electrons. The number of nitrogens with one attached hydrogen (secondary N) is 2. The van der Waals surface area contributed by atoms with Gasteiger partial charge >= 0.3 is 0 Å². The number of carbonyl (C=O) groups is 2. The normalized spacial score (nSPS) is 15.0. The fraction of sp³-hybridized carbons (Fsp3) is 0.174. The molecule has 0 aromatic heterocycles. The van der Waals surface area contributed by atoms with Gasteiger partial charge in [-0.3, -0.25) is 9.59 Å². The fourth-order valence-electron chi connectivity index (χ4n) is 7.54. The van der Waals surface area contributed by atoms with E-state index in [0.717, 1.165) is 0 Å². The van der Waals surface area contributed by atoms with Crippen molar-refractivity contribution in [3.63, 3.8) is 0 Å². The first-order chi connectivity index (χ1) is 25.4. The van der Waals surface area contributed by atoms with Crippen molar-refractivity contribution < 1.29 is 19.8 Å². The minimum atomic E-state index is -1.69. The molecule has 0 saturated heterocycles. The van der Waals surface area contributed by atoms with Crippen molar-refractivity contribution in [1.82, 2.24) is 10.6 Å². The predicted octanol–water partition coefficient (Wildman–Crippen LogP) is 7.74. The minimum absolute atomic E-state index is 0.317. The monoisotopic (exact) mass is 686 g/mol. The molecule has 6 aromatic rings. The Labute approximate surface area is 304 Å². The van der Waals surface area contributed by atoms with E-state index < -0.39 is 40.5 Å². The standard InChI is InChI=1S/C46H42N2O4/c49-42(47-40(34-20-7-1-8-21-34)45(51,36-24-11-3-12-25-36)37-26-13-4-14-27-37)44(32-19-33-44)43(50)48-41(35-22-9-2-10-23-35)46(52,38-28-15-5-16-29-38)39-30-17-6-18-31-39/h1-18,20-31,40-41,51-52H,19,32-33H2,(H,47,49)(H,48,50)/t40-,41-/m1/s1. The van der Waals surface area contributed by atoms with Crippen molar-refractivity contribution in [3.05, 3.63) is 215 Å². The Hall–Kier alpha value is -5.82. The zero-order chi connectivity index (χ0) is 36.0. The maximum atomic E-state index is 14.8. The summed E-state index contributed by atoms with van der Waals surface area (Å²) < 4.78 is 0. The molecule has 1 fully saturated rings. The zero-order valence-corrected chi connectivity index (χ0v) is 28.8. The van der Waals surface area contributed by atoms with E-state index in [4.69, 9.17) is 0 Å². The first-order valence-electron chi connectivity index (χ1n) is 17.8. The highest BCUT2D eigenvalue weighted by Gasteiger charge is 2.55. The van der Waals surface area contributed by atoms with Gasteiger partial charge in [-0.05, 0) is 46.2 Å². The van der Waals surface area contributed by atoms with Gasteiger partial charge in [0.2, 0.25) is 11.8 Å². The third-order valence-corrected chi connectivity index (χ3v) is 10.6. The number of carbonyl (C=O) groups excluding carboxylic acids is 2. The molecule has 6 nitrogen and oxygen atoms in total. The van der Waals surface area contributed by atoms with Crippen molar-refractivity contribution in [2.45, 2.75) is 42.5 Å². The highest BCUT2D eigenvalue weighted by atomic mass is 16.3. The molecular weight excluding hydrogens is 645 g/mol. The van der Waals surface area contributed by atoms with Crippen LogP contribution in [-0.2, 0) is 20.8 Å². The lowest BCUT2D eigenvalue weighted by Crippen LogP contribution is -2.59. The molecule has 0 radical (unpaired) electrons. The Morgan fingerprint density at radius 2 is 0.692 bits per heavy atom. The molecule has 2 atom stereocenters. The van der Waals surface area contributed by atoms with Crippen LogP contribution in [0.3, 0.4) is 0 Å². The topological polar surface area (TPSA) is 98.7 Å². The van der Waals surface area contributed by atoms with Crippen LogP contribution in [0.4, 0.5) is 0 Å². The largest absolute Gasteiger partial charge is 0.378 e. The van der Waals surface area contributed by atoms with Crippen LogP contribution in [0.25, 0.3) is 0 Å². The molecule has 1 aliphatic rings. The number of aliphatic hydroxyl groups is 2. The lowest BCUT2D eigenvalue weighted by molar-refractivity contribution is -0.153. The Kier molecular flexibility index (Phi) is 9.86. The summed E-state index contributed by atoms with van der Waals surface area (Å²) in [6.45, 7) is 0. The van der Waals surface area contributed by atoms with Gasteiger partial charge in [0.15, 0.2) is 0 Å². The van der Waals surface area contributed by atoms with Gasteiger partial charge in [-0.25, -0.2) is 0 Å². The minimum Gasteiger partial charge on any atom is -0.378 e. The van der Waals surface area contributed by atoms with Crippen LogP contribution in [0.1, 0.15) is 64.7 Å². The molecule has 0 unspecified atom stereocenters. The van der Waals surface area contributed by atoms with Gasteiger partial charge in [-0.2, -0.15) is 0 Å². The smallest absolute Gasteiger partial charge is 0.236 e. The van der Waals surface area contributed by atoms with E-state index in [0.29, 0.717) is 52.6 Å². The molecule has 52 heavy (non-hydrogen) atoms. The van der Waals surface area contributed by atoms with Crippen molar-refractivity contribution in [2.24, 2.45) is 5.41 Å². The Balaban J connectivity index is 1.30. The van der Waals surface area contributed by atoms with Crippen molar-refractivity contribution in [1.29, 1.82) is 0 Å². The Morgan fingerprint density at radius 1 is 0.442 bits per heavy atom. The second kappa shape index (κ2) is 14.8. The first kappa shape index (κ1) is 34.6. The van der Waals surface area contributed by atoms with E-state index in [9.17, 15) is 19.8 Å². The summed E-state index contributed by atoms with van der Waals surface area (Å²) in [6, 6.07) is 54.0. The van der Waals surface area contributed by atoms with Crippen LogP contribution < -0.4 is 10.6 Å². The van der Waals surface area contributed by atoms with Crippen molar-refractivity contribution in [3.8, 4) is 0 Å². The molecule has 0 heterocycles. The van der Waals surface area contributed by atoms with Gasteiger partial charge in [-0.1, -0.05) is 188 Å². The molecule has 0 bridgehead atoms. The van der Waals surface area contributed by atoms with Gasteiger partial charge < -0.3 is 20.8 Å². The van der Waals surface area contributed by atoms with Crippen LogP contribution in [0.5, 0.6) is 0 Å². The van der Waals surface area contributed by atoms with E-state index in [1.807, 2.05) is 182 Å². The lowest BCUT2D eigenvalue weighted by Gasteiger charge is -2.45. The number of amides is 2. The van der Waals surface area contributed by atoms with Crippen LogP contribution in [0.2, 0.25) is 0 Å². The summed E-state index contributed by atoms with van der Waals surface area (Å²) in [6.07, 6.45) is 1.31. The van der Waals surface area contributed by atoms with E-state index in [2.05, 4.69) is 10.6 Å². The van der Waals surface area contributed by atoms with E-state index in [-0.39, 0.29) is 0 Å². The molecule has 1 aliphatic carbocycles. The second-order valence-electron chi connectivity index (χ2n) is 13.6. The van der Waals surface area contributed by atoms with Gasteiger partial charge in [-0.15, -0.1) is 0 Å². The predicted molar refractivity (Wildman–Crippen MR) is 203 cm³/mol. The summed E-state index contributed by atoms with van der Waals surface area (Å²) in [5.41, 5.74) is -1.04. The van der Waals surface area contributed by atoms with Crippen LogP contribution in [-0.4, -0.2) is 22.0 Å². The summed E-state index contributed by atoms with van der Waals surface area (Å²) in [5, 5.41) is 32.2. The van der Waals surface area contributed by atoms with Crippen LogP contribution >= 0.6 is 0 Å². The SMILES string of the molecule is O=C(N[C@H](c1ccccc1)C(O)(c1ccccc1)c1ccccc1)C1(C(=O)N[C@H](c2ccccc2)C(O)(c2ccccc2)c2ccccc2)CCC1. The summed E-state index contributed by atoms with van der Waals surface area (Å²) in [5.74, 6) is -0.963. The molecule has 7 rings (SSSR count). The third-order valence-electron chi connectivity index (χ3n) is 10.6. The molecule has 6 aromatic carbocycles. The summed E-state index contributed by atoms with van der Waals surface area (Å²) in [7, 11) is 0. The molecule has 0 spiro atoms. The van der Waals surface area contributed by atoms with Crippen molar-refractivity contribution in [2.75, 3.05) is 0 Å². The van der Waals surface area contributed by atoms with Gasteiger partial charge in [0.25, 0.3) is 0 Å². The highest BCUT2D eigenvalue weighted by molar-refractivity contribution is 6.06. The molecule has 4 N–H and O–H groups in total. The van der Waals surface area contributed by atoms with Gasteiger partial charge in [0.1, 0.15) is 16.6 Å². The third kappa shape index (κ3) is 6.32. The summed E-state index contributed by atoms with van der Waals surface area (Å²) in [4.78, 5) is 29.7. The summed E-state index contributed by atoms with van der Waals surface area (Å²) >= 11 is 0. The van der Waals surface area contributed by atoms with Crippen LogP contribution in [0.15, 0.2) is 182 Å². The quantitative estimate of drug-likeness (QED) is 0.0991. The molecule has 6 heteroatoms. The molecule has 2 amide bonds. The van der Waals surface area contributed by atoms with Crippen LogP contribution in [0, 0.1) is 5.41 Å². The number of hydrogen-bond donors (Lipinski definition) is 4. The van der Waals surface area contributed by atoms with E-state index in [1.54, 1.807) is 0 Å². The van der Waals surface area contributed by atoms with E-state index >= 15 is 0 Å². The first-order valence-corrected chi connectivity index (χ1v) is 17.8. The maximum Gasteiger partial charge on any atom is 0.236 e. The lowest BCUT2D eigenvalue weighted by atomic mass is 9.66. The zero-order valence-electron chi connectivity index (χ0n) is 28.8. The van der Waals surface area contributed by atoms with Crippen molar-refractivity contribution >= 4 is 11.8 Å². The van der Waals surface area contributed by atoms with Gasteiger partial charge in [0, 0.05) is 0 Å². The molecular formula is C46H42N2O4. The number of rotatable bonds is 12. The highest BCUT2D eigenvalue weighted by Crippen LogP contribution is 2.47. The van der Waals surface area contributed by atoms with Gasteiger partial charge in [0.05, 0.1) is 12.1 Å².